The van der Waals surface area contributed by atoms with E-state index in [9.17, 15) is 9.59 Å². The summed E-state index contributed by atoms with van der Waals surface area (Å²) in [7, 11) is 0. The molecule has 1 atom stereocenters. The molecule has 0 spiro atoms. The van der Waals surface area contributed by atoms with Gasteiger partial charge in [-0.15, -0.1) is 0 Å². The van der Waals surface area contributed by atoms with Crippen molar-refractivity contribution in [1.29, 1.82) is 0 Å². The zero-order chi connectivity index (χ0) is 16.2. The molecular formula is C17H26N4O2. The first-order valence-corrected chi connectivity index (χ1v) is 8.56. The summed E-state index contributed by atoms with van der Waals surface area (Å²) in [4.78, 5) is 30.8. The lowest BCUT2D eigenvalue weighted by Gasteiger charge is -2.36. The van der Waals surface area contributed by atoms with Gasteiger partial charge >= 0.3 is 0 Å². The minimum absolute atomic E-state index is 0.159. The topological polar surface area (TPSA) is 48.8 Å². The Morgan fingerprint density at radius 2 is 1.52 bits per heavy atom. The fourth-order valence-corrected chi connectivity index (χ4v) is 3.38. The van der Waals surface area contributed by atoms with Crippen LogP contribution in [0, 0.1) is 0 Å². The van der Waals surface area contributed by atoms with E-state index in [4.69, 9.17) is 0 Å². The van der Waals surface area contributed by atoms with Crippen molar-refractivity contribution in [3.8, 4) is 0 Å². The molecule has 6 nitrogen and oxygen atoms in total. The molecule has 3 rings (SSSR count). The number of nitrogens with zero attached hydrogens (tertiary/aromatic N) is 4. The maximum atomic E-state index is 12.5. The van der Waals surface area contributed by atoms with Crippen LogP contribution in [0.4, 0.5) is 0 Å². The smallest absolute Gasteiger partial charge is 0.245 e. The number of aromatic nitrogens is 1. The van der Waals surface area contributed by atoms with Crippen LogP contribution in [0.2, 0.25) is 0 Å². The van der Waals surface area contributed by atoms with Crippen molar-refractivity contribution in [2.75, 3.05) is 45.8 Å². The van der Waals surface area contributed by atoms with E-state index in [0.29, 0.717) is 19.6 Å². The molecule has 6 heteroatoms. The van der Waals surface area contributed by atoms with E-state index < -0.39 is 0 Å². The molecule has 3 heterocycles. The fraction of sp³-hybridized carbons (Fsp3) is 0.647. The quantitative estimate of drug-likeness (QED) is 0.826. The normalized spacial score (nSPS) is 20.7. The Morgan fingerprint density at radius 1 is 0.913 bits per heavy atom. The maximum absolute atomic E-state index is 12.5. The molecule has 0 aromatic carbocycles. The van der Waals surface area contributed by atoms with Crippen LogP contribution in [-0.4, -0.2) is 76.9 Å². The first-order valence-electron chi connectivity index (χ1n) is 8.56. The summed E-state index contributed by atoms with van der Waals surface area (Å²) in [5.41, 5.74) is 0. The van der Waals surface area contributed by atoms with Gasteiger partial charge in [-0.05, 0) is 31.9 Å². The van der Waals surface area contributed by atoms with Crippen LogP contribution >= 0.6 is 0 Å². The first-order chi connectivity index (χ1) is 11.1. The molecule has 0 aliphatic carbocycles. The second-order valence-corrected chi connectivity index (χ2v) is 6.50. The van der Waals surface area contributed by atoms with E-state index in [-0.39, 0.29) is 17.9 Å². The molecule has 1 aromatic rings. The highest BCUT2D eigenvalue weighted by molar-refractivity contribution is 5.80. The van der Waals surface area contributed by atoms with E-state index in [1.807, 2.05) is 45.8 Å². The molecule has 0 N–H and O–H groups in total. The largest absolute Gasteiger partial charge is 0.342 e. The number of carbonyl (C=O) groups is 2. The Kier molecular flexibility index (Phi) is 5.00. The van der Waals surface area contributed by atoms with Crippen molar-refractivity contribution in [1.82, 2.24) is 19.3 Å². The zero-order valence-electron chi connectivity index (χ0n) is 13.9. The lowest BCUT2D eigenvalue weighted by Crippen LogP contribution is -2.52. The molecule has 2 saturated heterocycles. The van der Waals surface area contributed by atoms with Crippen molar-refractivity contribution in [3.63, 3.8) is 0 Å². The second kappa shape index (κ2) is 7.17. The van der Waals surface area contributed by atoms with Crippen LogP contribution in [0.25, 0.3) is 0 Å². The van der Waals surface area contributed by atoms with Gasteiger partial charge in [-0.25, -0.2) is 0 Å². The molecule has 126 valence electrons. The van der Waals surface area contributed by atoms with Crippen LogP contribution in [0.5, 0.6) is 0 Å². The minimum Gasteiger partial charge on any atom is -0.342 e. The number of hydrogen-bond donors (Lipinski definition) is 0. The molecule has 2 aliphatic heterocycles. The van der Waals surface area contributed by atoms with Crippen LogP contribution in [0.1, 0.15) is 25.8 Å². The predicted molar refractivity (Wildman–Crippen MR) is 88.0 cm³/mol. The summed E-state index contributed by atoms with van der Waals surface area (Å²) in [6, 6.07) is 3.71. The molecule has 2 amide bonds. The average molecular weight is 318 g/mol. The van der Waals surface area contributed by atoms with Gasteiger partial charge in [0.2, 0.25) is 11.8 Å². The molecular weight excluding hydrogens is 292 g/mol. The van der Waals surface area contributed by atoms with Gasteiger partial charge in [-0.2, -0.15) is 0 Å². The molecule has 2 aliphatic rings. The fourth-order valence-electron chi connectivity index (χ4n) is 3.38. The molecule has 0 saturated carbocycles. The van der Waals surface area contributed by atoms with Gasteiger partial charge in [0, 0.05) is 51.7 Å². The van der Waals surface area contributed by atoms with Gasteiger partial charge in [-0.3, -0.25) is 14.5 Å². The van der Waals surface area contributed by atoms with E-state index in [0.717, 1.165) is 39.0 Å². The summed E-state index contributed by atoms with van der Waals surface area (Å²) < 4.78 is 1.94. The average Bonchev–Trinajstić information content (AvgIpc) is 3.27. The molecule has 0 unspecified atom stereocenters. The minimum atomic E-state index is -0.164. The van der Waals surface area contributed by atoms with Crippen LogP contribution < -0.4 is 0 Å². The molecule has 23 heavy (non-hydrogen) atoms. The lowest BCUT2D eigenvalue weighted by molar-refractivity contribution is -0.137. The van der Waals surface area contributed by atoms with Crippen LogP contribution in [0.15, 0.2) is 24.5 Å². The zero-order valence-corrected chi connectivity index (χ0v) is 13.9. The van der Waals surface area contributed by atoms with Crippen molar-refractivity contribution in [3.05, 3.63) is 24.5 Å². The Morgan fingerprint density at radius 3 is 2.13 bits per heavy atom. The van der Waals surface area contributed by atoms with Crippen molar-refractivity contribution < 1.29 is 9.59 Å². The van der Waals surface area contributed by atoms with Crippen molar-refractivity contribution in [2.24, 2.45) is 0 Å². The monoisotopic (exact) mass is 318 g/mol. The van der Waals surface area contributed by atoms with Gasteiger partial charge < -0.3 is 14.4 Å². The van der Waals surface area contributed by atoms with Crippen LogP contribution in [0.3, 0.4) is 0 Å². The van der Waals surface area contributed by atoms with Gasteiger partial charge in [-0.1, -0.05) is 0 Å². The predicted octanol–water partition coefficient (Wildman–Crippen LogP) is 0.816. The number of amides is 2. The molecule has 1 aromatic heterocycles. The summed E-state index contributed by atoms with van der Waals surface area (Å²) in [5.74, 6) is 0.398. The number of carbonyl (C=O) groups excluding carboxylic acids is 2. The first kappa shape index (κ1) is 16.1. The highest BCUT2D eigenvalue weighted by Crippen LogP contribution is 2.13. The number of piperazine rings is 1. The SMILES string of the molecule is C[C@H](C(=O)N1CCN(CC(=O)N2CCCC2)CC1)n1cccc1. The maximum Gasteiger partial charge on any atom is 0.245 e. The summed E-state index contributed by atoms with van der Waals surface area (Å²) in [6.07, 6.45) is 6.11. The van der Waals surface area contributed by atoms with E-state index in [1.54, 1.807) is 0 Å². The third-order valence-corrected chi connectivity index (χ3v) is 4.93. The van der Waals surface area contributed by atoms with Crippen LogP contribution in [-0.2, 0) is 9.59 Å². The Hall–Kier alpha value is -1.82. The number of likely N-dealkylation sites (tertiary alicyclic amines) is 1. The summed E-state index contributed by atoms with van der Waals surface area (Å²) >= 11 is 0. The van der Waals surface area contributed by atoms with Gasteiger partial charge in [0.1, 0.15) is 6.04 Å². The van der Waals surface area contributed by atoms with Gasteiger partial charge in [0.05, 0.1) is 6.54 Å². The second-order valence-electron chi connectivity index (χ2n) is 6.50. The number of hydrogen-bond acceptors (Lipinski definition) is 3. The van der Waals surface area contributed by atoms with Crippen molar-refractivity contribution in [2.45, 2.75) is 25.8 Å². The molecule has 0 bridgehead atoms. The summed E-state index contributed by atoms with van der Waals surface area (Å²) in [5, 5.41) is 0. The van der Waals surface area contributed by atoms with Crippen molar-refractivity contribution >= 4 is 11.8 Å². The Bertz CT molecular complexity index is 529. The van der Waals surface area contributed by atoms with E-state index in [1.165, 1.54) is 0 Å². The Balaban J connectivity index is 1.46. The highest BCUT2D eigenvalue weighted by Gasteiger charge is 2.27. The molecule has 0 radical (unpaired) electrons. The number of rotatable bonds is 4. The van der Waals surface area contributed by atoms with Gasteiger partial charge in [0.15, 0.2) is 0 Å². The molecule has 2 fully saturated rings. The summed E-state index contributed by atoms with van der Waals surface area (Å²) in [6.45, 7) is 7.22. The van der Waals surface area contributed by atoms with Gasteiger partial charge in [0.25, 0.3) is 0 Å². The van der Waals surface area contributed by atoms with E-state index in [2.05, 4.69) is 4.90 Å². The van der Waals surface area contributed by atoms with E-state index >= 15 is 0 Å². The lowest BCUT2D eigenvalue weighted by atomic mass is 10.2. The standard InChI is InChI=1S/C17H26N4O2/c1-15(19-6-2-3-7-19)17(23)21-12-10-18(11-13-21)14-16(22)20-8-4-5-9-20/h2-3,6-7,15H,4-5,8-14H2,1H3/t15-/m1/s1. The third-order valence-electron chi connectivity index (χ3n) is 4.93. The third kappa shape index (κ3) is 3.75. The Labute approximate surface area is 137 Å². The highest BCUT2D eigenvalue weighted by atomic mass is 16.2.